The van der Waals surface area contributed by atoms with Crippen molar-refractivity contribution in [1.29, 1.82) is 0 Å². The number of aliphatic carboxylic acids is 1. The van der Waals surface area contributed by atoms with Gasteiger partial charge in [-0.2, -0.15) is 0 Å². The quantitative estimate of drug-likeness (QED) is 0.283. The zero-order valence-electron chi connectivity index (χ0n) is 14.8. The molecule has 1 aromatic rings. The lowest BCUT2D eigenvalue weighted by Gasteiger charge is -2.23. The number of halogens is 3. The summed E-state index contributed by atoms with van der Waals surface area (Å²) in [4.78, 5) is 34.8. The van der Waals surface area contributed by atoms with Crippen LogP contribution in [-0.4, -0.2) is 29.6 Å². The maximum atomic E-state index is 12.6. The van der Waals surface area contributed by atoms with E-state index >= 15 is 0 Å². The zero-order chi connectivity index (χ0) is 20.3. The number of hydrogen-bond donors (Lipinski definition) is 1. The molecule has 0 amide bonds. The summed E-state index contributed by atoms with van der Waals surface area (Å²) in [6.07, 6.45) is 3.14. The molecule has 27 heavy (non-hydrogen) atoms. The van der Waals surface area contributed by atoms with E-state index in [2.05, 4.69) is 13.8 Å². The minimum absolute atomic E-state index is 0.0515. The first-order valence-corrected chi connectivity index (χ1v) is 9.60. The SMILES string of the molecule is CCC(C)C(COC(=O)c1c(Cl)c(Cl)cc(Cl)c1OC(=O)C(=O)O)C1CC1. The van der Waals surface area contributed by atoms with Crippen LogP contribution in [-0.2, 0) is 14.3 Å². The molecule has 2 rings (SSSR count). The number of carboxylic acids is 1. The second-order valence-corrected chi connectivity index (χ2v) is 7.73. The Balaban J connectivity index is 2.28. The maximum absolute atomic E-state index is 12.6. The fraction of sp³-hybridized carbons (Fsp3) is 0.500. The molecule has 1 aromatic carbocycles. The van der Waals surface area contributed by atoms with Crippen LogP contribution in [0.1, 0.15) is 43.5 Å². The summed E-state index contributed by atoms with van der Waals surface area (Å²) in [7, 11) is 0. The van der Waals surface area contributed by atoms with E-state index in [1.807, 2.05) is 0 Å². The fourth-order valence-electron chi connectivity index (χ4n) is 2.83. The predicted molar refractivity (Wildman–Crippen MR) is 101 cm³/mol. The lowest BCUT2D eigenvalue weighted by atomic mass is 9.88. The van der Waals surface area contributed by atoms with Crippen LogP contribution in [0.3, 0.4) is 0 Å². The Bertz CT molecular complexity index is 760. The third kappa shape index (κ3) is 5.27. The van der Waals surface area contributed by atoms with Gasteiger partial charge < -0.3 is 14.6 Å². The molecule has 9 heteroatoms. The highest BCUT2D eigenvalue weighted by Crippen LogP contribution is 2.43. The Hall–Kier alpha value is -1.50. The molecule has 148 valence electrons. The molecule has 2 unspecified atom stereocenters. The van der Waals surface area contributed by atoms with E-state index in [-0.39, 0.29) is 33.2 Å². The van der Waals surface area contributed by atoms with Crippen LogP contribution >= 0.6 is 34.8 Å². The van der Waals surface area contributed by atoms with Crippen molar-refractivity contribution in [3.63, 3.8) is 0 Å². The summed E-state index contributed by atoms with van der Waals surface area (Å²) in [6.45, 7) is 4.34. The second kappa shape index (κ2) is 9.13. The van der Waals surface area contributed by atoms with Crippen molar-refractivity contribution in [2.45, 2.75) is 33.1 Å². The first-order chi connectivity index (χ1) is 12.7. The standard InChI is InChI=1S/C18H19Cl3O6/c1-3-8(2)10(9-4-5-9)7-26-17(24)13-14(21)11(19)6-12(20)15(13)27-18(25)16(22)23/h6,8-10H,3-5,7H2,1-2H3,(H,22,23). The Morgan fingerprint density at radius 2 is 1.85 bits per heavy atom. The van der Waals surface area contributed by atoms with Gasteiger partial charge in [0.05, 0.1) is 21.7 Å². The maximum Gasteiger partial charge on any atom is 0.422 e. The number of hydrogen-bond acceptors (Lipinski definition) is 5. The Morgan fingerprint density at radius 3 is 2.37 bits per heavy atom. The van der Waals surface area contributed by atoms with Gasteiger partial charge in [0, 0.05) is 0 Å². The van der Waals surface area contributed by atoms with Crippen LogP contribution in [0.15, 0.2) is 6.07 Å². The van der Waals surface area contributed by atoms with Crippen LogP contribution in [0.2, 0.25) is 15.1 Å². The topological polar surface area (TPSA) is 89.9 Å². The van der Waals surface area contributed by atoms with Crippen LogP contribution in [0.5, 0.6) is 5.75 Å². The van der Waals surface area contributed by atoms with E-state index in [9.17, 15) is 14.4 Å². The second-order valence-electron chi connectivity index (χ2n) is 6.54. The summed E-state index contributed by atoms with van der Waals surface area (Å²) in [6, 6.07) is 1.15. The number of rotatable bonds is 7. The molecule has 0 heterocycles. The van der Waals surface area contributed by atoms with Gasteiger partial charge in [0.25, 0.3) is 0 Å². The molecular weight excluding hydrogens is 419 g/mol. The summed E-state index contributed by atoms with van der Waals surface area (Å²) in [5, 5.41) is 8.21. The number of benzene rings is 1. The molecule has 0 bridgehead atoms. The van der Waals surface area contributed by atoms with Gasteiger partial charge in [-0.3, -0.25) is 0 Å². The number of carboxylic acid groups (broad SMARTS) is 1. The van der Waals surface area contributed by atoms with Gasteiger partial charge in [-0.1, -0.05) is 55.1 Å². The highest BCUT2D eigenvalue weighted by atomic mass is 35.5. The molecule has 2 atom stereocenters. The van der Waals surface area contributed by atoms with Gasteiger partial charge in [-0.05, 0) is 36.7 Å². The molecule has 0 aliphatic heterocycles. The van der Waals surface area contributed by atoms with Crippen LogP contribution in [0, 0.1) is 17.8 Å². The Morgan fingerprint density at radius 1 is 1.22 bits per heavy atom. The third-order valence-corrected chi connectivity index (χ3v) is 5.78. The van der Waals surface area contributed by atoms with Gasteiger partial charge in [-0.25, -0.2) is 14.4 Å². The molecule has 0 aromatic heterocycles. The van der Waals surface area contributed by atoms with Gasteiger partial charge in [-0.15, -0.1) is 0 Å². The molecule has 6 nitrogen and oxygen atoms in total. The zero-order valence-corrected chi connectivity index (χ0v) is 17.0. The van der Waals surface area contributed by atoms with E-state index in [1.165, 1.54) is 0 Å². The molecule has 1 aliphatic carbocycles. The van der Waals surface area contributed by atoms with Crippen LogP contribution < -0.4 is 4.74 Å². The monoisotopic (exact) mass is 436 g/mol. The van der Waals surface area contributed by atoms with Crippen molar-refractivity contribution < 1.29 is 29.0 Å². The Labute approximate surface area is 171 Å². The minimum Gasteiger partial charge on any atom is -0.473 e. The molecule has 1 fully saturated rings. The molecule has 0 radical (unpaired) electrons. The van der Waals surface area contributed by atoms with Crippen molar-refractivity contribution in [3.8, 4) is 5.75 Å². The van der Waals surface area contributed by atoms with E-state index in [1.54, 1.807) is 0 Å². The van der Waals surface area contributed by atoms with Gasteiger partial charge >= 0.3 is 17.9 Å². The number of carbonyl (C=O) groups is 3. The average Bonchev–Trinajstić information content (AvgIpc) is 3.44. The van der Waals surface area contributed by atoms with Crippen molar-refractivity contribution in [2.24, 2.45) is 17.8 Å². The molecule has 1 saturated carbocycles. The van der Waals surface area contributed by atoms with E-state index in [0.717, 1.165) is 25.3 Å². The molecule has 0 spiro atoms. The van der Waals surface area contributed by atoms with Gasteiger partial charge in [0.2, 0.25) is 0 Å². The summed E-state index contributed by atoms with van der Waals surface area (Å²) in [5.41, 5.74) is -0.373. The number of ether oxygens (including phenoxy) is 2. The highest BCUT2D eigenvalue weighted by Gasteiger charge is 2.36. The summed E-state index contributed by atoms with van der Waals surface area (Å²) < 4.78 is 10.1. The van der Waals surface area contributed by atoms with Gasteiger partial charge in [0.1, 0.15) is 5.56 Å². The lowest BCUT2D eigenvalue weighted by Crippen LogP contribution is -2.24. The number of esters is 2. The molecule has 0 saturated heterocycles. The van der Waals surface area contributed by atoms with E-state index in [4.69, 9.17) is 49.4 Å². The molecular formula is C18H19Cl3O6. The fourth-order valence-corrected chi connectivity index (χ4v) is 3.55. The summed E-state index contributed by atoms with van der Waals surface area (Å²) in [5.74, 6) is -3.75. The minimum atomic E-state index is -1.85. The predicted octanol–water partition coefficient (Wildman–Crippen LogP) is 4.87. The third-order valence-electron chi connectivity index (χ3n) is 4.71. The van der Waals surface area contributed by atoms with Gasteiger partial charge in [0.15, 0.2) is 5.75 Å². The first-order valence-electron chi connectivity index (χ1n) is 8.47. The van der Waals surface area contributed by atoms with Crippen molar-refractivity contribution in [1.82, 2.24) is 0 Å². The lowest BCUT2D eigenvalue weighted by molar-refractivity contribution is -0.158. The van der Waals surface area contributed by atoms with Crippen molar-refractivity contribution >= 4 is 52.7 Å². The number of carbonyl (C=O) groups excluding carboxylic acids is 2. The van der Waals surface area contributed by atoms with Crippen LogP contribution in [0.25, 0.3) is 0 Å². The van der Waals surface area contributed by atoms with Crippen molar-refractivity contribution in [3.05, 3.63) is 26.7 Å². The normalized spacial score (nSPS) is 15.7. The van der Waals surface area contributed by atoms with E-state index in [0.29, 0.717) is 11.8 Å². The first kappa shape index (κ1) is 21.8. The largest absolute Gasteiger partial charge is 0.473 e. The average molecular weight is 438 g/mol. The summed E-state index contributed by atoms with van der Waals surface area (Å²) >= 11 is 18.0. The van der Waals surface area contributed by atoms with Crippen molar-refractivity contribution in [2.75, 3.05) is 6.61 Å². The Kier molecular flexibility index (Phi) is 7.37. The highest BCUT2D eigenvalue weighted by molar-refractivity contribution is 6.46. The molecule has 1 N–H and O–H groups in total. The van der Waals surface area contributed by atoms with Crippen LogP contribution in [0.4, 0.5) is 0 Å². The molecule has 1 aliphatic rings. The van der Waals surface area contributed by atoms with E-state index < -0.39 is 23.7 Å². The smallest absolute Gasteiger partial charge is 0.422 e.